The molecule has 0 spiro atoms. The van der Waals surface area contributed by atoms with E-state index in [1.807, 2.05) is 48.5 Å². The fraction of sp³-hybridized carbons (Fsp3) is 0.333. The minimum Gasteiger partial charge on any atom is -0.465 e. The van der Waals surface area contributed by atoms with Crippen molar-refractivity contribution in [2.45, 2.75) is 26.7 Å². The highest BCUT2D eigenvalue weighted by atomic mass is 35.5. The van der Waals surface area contributed by atoms with Crippen LogP contribution >= 0.6 is 11.6 Å². The molecular weight excluding hydrogens is 352 g/mol. The number of esters is 2. The van der Waals surface area contributed by atoms with Gasteiger partial charge in [0, 0.05) is 5.02 Å². The molecule has 0 saturated heterocycles. The zero-order valence-corrected chi connectivity index (χ0v) is 15.8. The van der Waals surface area contributed by atoms with Gasteiger partial charge in [-0.2, -0.15) is 0 Å². The van der Waals surface area contributed by atoms with Crippen LogP contribution in [0.1, 0.15) is 30.5 Å². The second-order valence-corrected chi connectivity index (χ2v) is 6.27. The highest BCUT2D eigenvalue weighted by molar-refractivity contribution is 6.30. The smallest absolute Gasteiger partial charge is 0.320 e. The first kappa shape index (κ1) is 20.0. The molecule has 26 heavy (non-hydrogen) atoms. The molecular formula is C21H23ClO4. The lowest BCUT2D eigenvalue weighted by Crippen LogP contribution is -2.30. The number of hydrogen-bond acceptors (Lipinski definition) is 4. The Morgan fingerprint density at radius 2 is 1.42 bits per heavy atom. The number of benzene rings is 2. The van der Waals surface area contributed by atoms with E-state index in [1.54, 1.807) is 13.8 Å². The van der Waals surface area contributed by atoms with Gasteiger partial charge in [0.1, 0.15) is 0 Å². The summed E-state index contributed by atoms with van der Waals surface area (Å²) in [5.74, 6) is -2.05. The standard InChI is InChI=1S/C21H23ClO4/c1-3-25-20(23)19(21(24)26-4-2)14-17-8-6-5-7-16(17)13-15-9-11-18(22)12-10-15/h5-12,19H,3-4,13-14H2,1-2H3. The summed E-state index contributed by atoms with van der Waals surface area (Å²) in [6.07, 6.45) is 0.938. The average Bonchev–Trinajstić information content (AvgIpc) is 2.63. The maximum absolute atomic E-state index is 12.2. The Morgan fingerprint density at radius 1 is 0.885 bits per heavy atom. The minimum absolute atomic E-state index is 0.223. The number of carbonyl (C=O) groups excluding carboxylic acids is 2. The topological polar surface area (TPSA) is 52.6 Å². The number of halogens is 1. The van der Waals surface area contributed by atoms with Gasteiger partial charge < -0.3 is 9.47 Å². The van der Waals surface area contributed by atoms with Gasteiger partial charge in [0.15, 0.2) is 5.92 Å². The fourth-order valence-electron chi connectivity index (χ4n) is 2.72. The van der Waals surface area contributed by atoms with E-state index in [0.717, 1.165) is 16.7 Å². The summed E-state index contributed by atoms with van der Waals surface area (Å²) in [6, 6.07) is 15.4. The summed E-state index contributed by atoms with van der Waals surface area (Å²) in [4.78, 5) is 24.5. The largest absolute Gasteiger partial charge is 0.465 e. The molecule has 0 aromatic heterocycles. The number of carbonyl (C=O) groups is 2. The van der Waals surface area contributed by atoms with E-state index in [0.29, 0.717) is 11.4 Å². The zero-order valence-electron chi connectivity index (χ0n) is 15.0. The molecule has 2 rings (SSSR count). The predicted molar refractivity (Wildman–Crippen MR) is 101 cm³/mol. The van der Waals surface area contributed by atoms with E-state index in [-0.39, 0.29) is 19.6 Å². The Morgan fingerprint density at radius 3 is 1.96 bits per heavy atom. The molecule has 2 aromatic carbocycles. The molecule has 0 saturated carbocycles. The molecule has 0 unspecified atom stereocenters. The highest BCUT2D eigenvalue weighted by Gasteiger charge is 2.30. The third-order valence-corrected chi connectivity index (χ3v) is 4.24. The molecule has 0 N–H and O–H groups in total. The Kier molecular flexibility index (Phi) is 7.67. The molecule has 0 radical (unpaired) electrons. The minimum atomic E-state index is -0.957. The molecule has 4 nitrogen and oxygen atoms in total. The molecule has 0 aliphatic rings. The summed E-state index contributed by atoms with van der Waals surface area (Å²) in [5, 5.41) is 0.687. The van der Waals surface area contributed by atoms with Crippen molar-refractivity contribution in [2.24, 2.45) is 5.92 Å². The van der Waals surface area contributed by atoms with Crippen molar-refractivity contribution < 1.29 is 19.1 Å². The van der Waals surface area contributed by atoms with Crippen molar-refractivity contribution in [3.63, 3.8) is 0 Å². The number of rotatable bonds is 8. The van der Waals surface area contributed by atoms with Crippen LogP contribution in [0.15, 0.2) is 48.5 Å². The molecule has 5 heteroatoms. The summed E-state index contributed by atoms with van der Waals surface area (Å²) < 4.78 is 10.1. The number of ether oxygens (including phenoxy) is 2. The maximum atomic E-state index is 12.2. The lowest BCUT2D eigenvalue weighted by molar-refractivity contribution is -0.161. The van der Waals surface area contributed by atoms with E-state index in [1.165, 1.54) is 0 Å². The van der Waals surface area contributed by atoms with Gasteiger partial charge in [0.2, 0.25) is 0 Å². The first-order valence-corrected chi connectivity index (χ1v) is 9.07. The zero-order chi connectivity index (χ0) is 18.9. The quantitative estimate of drug-likeness (QED) is 0.513. The van der Waals surface area contributed by atoms with E-state index < -0.39 is 17.9 Å². The van der Waals surface area contributed by atoms with Gasteiger partial charge in [-0.1, -0.05) is 48.0 Å². The van der Waals surface area contributed by atoms with E-state index >= 15 is 0 Å². The monoisotopic (exact) mass is 374 g/mol. The Balaban J connectivity index is 2.24. The van der Waals surface area contributed by atoms with Crippen molar-refractivity contribution in [2.75, 3.05) is 13.2 Å². The van der Waals surface area contributed by atoms with Crippen molar-refractivity contribution >= 4 is 23.5 Å². The highest BCUT2D eigenvalue weighted by Crippen LogP contribution is 2.21. The van der Waals surface area contributed by atoms with Gasteiger partial charge in [-0.25, -0.2) is 0 Å². The molecule has 0 fully saturated rings. The average molecular weight is 375 g/mol. The third kappa shape index (κ3) is 5.60. The lowest BCUT2D eigenvalue weighted by Gasteiger charge is -2.16. The van der Waals surface area contributed by atoms with Crippen molar-refractivity contribution in [3.05, 3.63) is 70.2 Å². The van der Waals surface area contributed by atoms with Crippen molar-refractivity contribution in [1.82, 2.24) is 0 Å². The summed E-state index contributed by atoms with van der Waals surface area (Å²) >= 11 is 5.94. The summed E-state index contributed by atoms with van der Waals surface area (Å²) in [5.41, 5.74) is 3.08. The van der Waals surface area contributed by atoms with Crippen molar-refractivity contribution in [3.8, 4) is 0 Å². The van der Waals surface area contributed by atoms with Crippen LogP contribution in [0.2, 0.25) is 5.02 Å². The third-order valence-electron chi connectivity index (χ3n) is 3.99. The molecule has 138 valence electrons. The molecule has 0 bridgehead atoms. The SMILES string of the molecule is CCOC(=O)C(Cc1ccccc1Cc1ccc(Cl)cc1)C(=O)OCC. The lowest BCUT2D eigenvalue weighted by atomic mass is 9.92. The van der Waals surface area contributed by atoms with Crippen LogP contribution in [0, 0.1) is 5.92 Å². The molecule has 0 heterocycles. The van der Waals surface area contributed by atoms with Crippen LogP contribution in [0.4, 0.5) is 0 Å². The van der Waals surface area contributed by atoms with Gasteiger partial charge in [0.25, 0.3) is 0 Å². The summed E-state index contributed by atoms with van der Waals surface area (Å²) in [6.45, 7) is 3.88. The Labute approximate surface area is 159 Å². The van der Waals surface area contributed by atoms with E-state index in [2.05, 4.69) is 0 Å². The van der Waals surface area contributed by atoms with Crippen LogP contribution in [-0.2, 0) is 31.9 Å². The van der Waals surface area contributed by atoms with Gasteiger partial charge in [-0.3, -0.25) is 9.59 Å². The summed E-state index contributed by atoms with van der Waals surface area (Å²) in [7, 11) is 0. The molecule has 0 aliphatic heterocycles. The van der Waals surface area contributed by atoms with Crippen molar-refractivity contribution in [1.29, 1.82) is 0 Å². The van der Waals surface area contributed by atoms with Gasteiger partial charge >= 0.3 is 11.9 Å². The molecule has 0 amide bonds. The Hall–Kier alpha value is -2.33. The first-order chi connectivity index (χ1) is 12.5. The van der Waals surface area contributed by atoms with Gasteiger partial charge in [0.05, 0.1) is 13.2 Å². The van der Waals surface area contributed by atoms with Crippen LogP contribution < -0.4 is 0 Å². The molecule has 0 aliphatic carbocycles. The maximum Gasteiger partial charge on any atom is 0.320 e. The van der Waals surface area contributed by atoms with Crippen LogP contribution in [0.3, 0.4) is 0 Å². The van der Waals surface area contributed by atoms with E-state index in [9.17, 15) is 9.59 Å². The first-order valence-electron chi connectivity index (χ1n) is 8.69. The second kappa shape index (κ2) is 9.97. The van der Waals surface area contributed by atoms with Crippen LogP contribution in [-0.4, -0.2) is 25.2 Å². The predicted octanol–water partition coefficient (Wildman–Crippen LogP) is 4.22. The van der Waals surface area contributed by atoms with Crippen LogP contribution in [0.5, 0.6) is 0 Å². The normalized spacial score (nSPS) is 10.6. The van der Waals surface area contributed by atoms with E-state index in [4.69, 9.17) is 21.1 Å². The Bertz CT molecular complexity index is 722. The fourth-order valence-corrected chi connectivity index (χ4v) is 2.85. The number of hydrogen-bond donors (Lipinski definition) is 0. The van der Waals surface area contributed by atoms with Gasteiger partial charge in [-0.15, -0.1) is 0 Å². The second-order valence-electron chi connectivity index (χ2n) is 5.83. The molecule has 0 atom stereocenters. The van der Waals surface area contributed by atoms with Crippen LogP contribution in [0.25, 0.3) is 0 Å². The molecule has 2 aromatic rings. The van der Waals surface area contributed by atoms with Gasteiger partial charge in [-0.05, 0) is 55.5 Å².